The van der Waals surface area contributed by atoms with Gasteiger partial charge in [0.05, 0.1) is 0 Å². The van der Waals surface area contributed by atoms with Gasteiger partial charge in [-0.15, -0.1) is 0 Å². The maximum Gasteiger partial charge on any atom is 0.115 e. The molecule has 4 atom stereocenters. The summed E-state index contributed by atoms with van der Waals surface area (Å²) in [7, 11) is 0. The molecule has 0 aliphatic heterocycles. The van der Waals surface area contributed by atoms with Gasteiger partial charge in [0.25, 0.3) is 0 Å². The molecule has 2 aliphatic rings. The van der Waals surface area contributed by atoms with E-state index >= 15 is 0 Å². The lowest BCUT2D eigenvalue weighted by atomic mass is 9.67. The lowest BCUT2D eigenvalue weighted by Gasteiger charge is -2.36. The number of allylic oxidation sites excluding steroid dienone is 7. The van der Waals surface area contributed by atoms with Crippen LogP contribution in [0.25, 0.3) is 0 Å². The Morgan fingerprint density at radius 1 is 0.906 bits per heavy atom. The van der Waals surface area contributed by atoms with Gasteiger partial charge >= 0.3 is 0 Å². The average Bonchev–Trinajstić information content (AvgIpc) is 2.94. The molecule has 0 saturated heterocycles. The van der Waals surface area contributed by atoms with Crippen LogP contribution in [0.4, 0.5) is 0 Å². The van der Waals surface area contributed by atoms with Crippen molar-refractivity contribution in [1.29, 1.82) is 0 Å². The third-order valence-corrected chi connectivity index (χ3v) is 6.93. The largest absolute Gasteiger partial charge is 0.508 e. The van der Waals surface area contributed by atoms with Crippen LogP contribution in [-0.2, 0) is 0 Å². The molecule has 2 nitrogen and oxygen atoms in total. The van der Waals surface area contributed by atoms with Crippen molar-refractivity contribution < 1.29 is 5.11 Å². The molecule has 0 saturated carbocycles. The summed E-state index contributed by atoms with van der Waals surface area (Å²) in [6, 6.07) is 16.9. The van der Waals surface area contributed by atoms with E-state index in [0.717, 1.165) is 25.0 Å². The second-order valence-corrected chi connectivity index (χ2v) is 9.74. The zero-order valence-corrected chi connectivity index (χ0v) is 19.5. The Bertz CT molecular complexity index is 1050. The highest BCUT2D eigenvalue weighted by atomic mass is 16.3. The van der Waals surface area contributed by atoms with E-state index in [1.807, 2.05) is 12.1 Å². The molecule has 2 aromatic rings. The molecule has 166 valence electrons. The fourth-order valence-electron chi connectivity index (χ4n) is 5.37. The highest BCUT2D eigenvalue weighted by molar-refractivity contribution is 5.42. The smallest absolute Gasteiger partial charge is 0.115 e. The Labute approximate surface area is 192 Å². The molecule has 3 N–H and O–H groups in total. The number of hydrogen-bond donors (Lipinski definition) is 2. The summed E-state index contributed by atoms with van der Waals surface area (Å²) in [5.41, 5.74) is 13.7. The lowest BCUT2D eigenvalue weighted by molar-refractivity contribution is 0.435. The van der Waals surface area contributed by atoms with Crippen LogP contribution >= 0.6 is 0 Å². The van der Waals surface area contributed by atoms with Crippen molar-refractivity contribution in [2.75, 3.05) is 0 Å². The van der Waals surface area contributed by atoms with E-state index in [4.69, 9.17) is 5.73 Å². The first-order valence-corrected chi connectivity index (χ1v) is 11.8. The van der Waals surface area contributed by atoms with E-state index in [0.29, 0.717) is 17.6 Å². The van der Waals surface area contributed by atoms with Crippen LogP contribution in [0.5, 0.6) is 5.75 Å². The number of nitrogens with two attached hydrogens (primary N) is 1. The van der Waals surface area contributed by atoms with Crippen molar-refractivity contribution in [3.05, 3.63) is 112 Å². The number of aryl methyl sites for hydroxylation is 1. The SMILES string of the molecule is CC1=CC=C(C(c2ccc(O)cc2)C(c2ccc(C)cc2)C2C=CC(N)=CC2)CC(C)C1. The summed E-state index contributed by atoms with van der Waals surface area (Å²) in [5.74, 6) is 1.78. The standard InChI is InChI=1S/C30H35NO/c1-20-4-7-23(8-5-20)29(24-10-14-27(31)15-11-24)30(25-12-16-28(32)17-13-25)26-9-6-21(2)18-22(3)19-26/h4-10,12-17,22,24,29-30,32H,11,18-19,31H2,1-3H3. The Kier molecular flexibility index (Phi) is 6.69. The minimum absolute atomic E-state index is 0.227. The van der Waals surface area contributed by atoms with Crippen LogP contribution in [0, 0.1) is 18.8 Å². The van der Waals surface area contributed by atoms with Gasteiger partial charge in [-0.2, -0.15) is 0 Å². The summed E-state index contributed by atoms with van der Waals surface area (Å²) < 4.78 is 0. The Morgan fingerprint density at radius 2 is 1.59 bits per heavy atom. The normalized spacial score (nSPS) is 22.9. The molecule has 2 aliphatic carbocycles. The first-order chi connectivity index (χ1) is 15.4. The molecule has 4 unspecified atom stereocenters. The molecule has 0 amide bonds. The highest BCUT2D eigenvalue weighted by Crippen LogP contribution is 2.48. The summed E-state index contributed by atoms with van der Waals surface area (Å²) in [4.78, 5) is 0. The van der Waals surface area contributed by atoms with E-state index in [1.165, 1.54) is 27.8 Å². The van der Waals surface area contributed by atoms with E-state index in [9.17, 15) is 5.11 Å². The Balaban J connectivity index is 1.87. The zero-order chi connectivity index (χ0) is 22.7. The molecule has 2 heteroatoms. The Morgan fingerprint density at radius 3 is 2.25 bits per heavy atom. The van der Waals surface area contributed by atoms with Gasteiger partial charge in [0.15, 0.2) is 0 Å². The first kappa shape index (κ1) is 22.2. The van der Waals surface area contributed by atoms with Crippen molar-refractivity contribution in [3.8, 4) is 5.75 Å². The average molecular weight is 426 g/mol. The second-order valence-electron chi connectivity index (χ2n) is 9.74. The quantitative estimate of drug-likeness (QED) is 0.528. The van der Waals surface area contributed by atoms with Crippen LogP contribution in [0.2, 0.25) is 0 Å². The van der Waals surface area contributed by atoms with Crippen molar-refractivity contribution >= 4 is 0 Å². The maximum absolute atomic E-state index is 9.98. The Hall–Kier alpha value is -3.00. The van der Waals surface area contributed by atoms with Crippen LogP contribution in [0.1, 0.15) is 61.6 Å². The molecule has 0 radical (unpaired) electrons. The molecule has 32 heavy (non-hydrogen) atoms. The summed E-state index contributed by atoms with van der Waals surface area (Å²) in [6.45, 7) is 6.74. The van der Waals surface area contributed by atoms with Crippen molar-refractivity contribution in [2.24, 2.45) is 17.6 Å². The third-order valence-electron chi connectivity index (χ3n) is 6.93. The van der Waals surface area contributed by atoms with Gasteiger partial charge < -0.3 is 10.8 Å². The third kappa shape index (κ3) is 5.07. The number of phenolic OH excluding ortho intramolecular Hbond substituents is 1. The minimum atomic E-state index is 0.227. The van der Waals surface area contributed by atoms with Crippen LogP contribution in [0.15, 0.2) is 95.8 Å². The van der Waals surface area contributed by atoms with E-state index < -0.39 is 0 Å². The van der Waals surface area contributed by atoms with Gasteiger partial charge in [0, 0.05) is 17.5 Å². The zero-order valence-electron chi connectivity index (χ0n) is 19.5. The second kappa shape index (κ2) is 9.65. The number of phenols is 1. The molecule has 0 aromatic heterocycles. The lowest BCUT2D eigenvalue weighted by Crippen LogP contribution is -2.23. The molecule has 0 fully saturated rings. The molecular formula is C30H35NO. The summed E-state index contributed by atoms with van der Waals surface area (Å²) >= 11 is 0. The molecular weight excluding hydrogens is 390 g/mol. The molecule has 0 bridgehead atoms. The highest BCUT2D eigenvalue weighted by Gasteiger charge is 2.34. The van der Waals surface area contributed by atoms with Crippen molar-refractivity contribution in [2.45, 2.75) is 51.9 Å². The maximum atomic E-state index is 9.98. The van der Waals surface area contributed by atoms with Crippen LogP contribution < -0.4 is 5.73 Å². The van der Waals surface area contributed by atoms with Gasteiger partial charge in [-0.1, -0.05) is 84.3 Å². The number of hydrogen-bond acceptors (Lipinski definition) is 2. The minimum Gasteiger partial charge on any atom is -0.508 e. The molecule has 0 heterocycles. The fraction of sp³-hybridized carbons (Fsp3) is 0.333. The van der Waals surface area contributed by atoms with E-state index in [-0.39, 0.29) is 11.8 Å². The predicted molar refractivity (Wildman–Crippen MR) is 135 cm³/mol. The van der Waals surface area contributed by atoms with Gasteiger partial charge in [-0.05, 0) is 74.3 Å². The molecule has 0 spiro atoms. The number of benzene rings is 2. The summed E-state index contributed by atoms with van der Waals surface area (Å²) in [6.07, 6.45) is 14.4. The molecule has 2 aromatic carbocycles. The van der Waals surface area contributed by atoms with E-state index in [2.05, 4.69) is 87.5 Å². The number of rotatable bonds is 5. The van der Waals surface area contributed by atoms with E-state index in [1.54, 1.807) is 0 Å². The van der Waals surface area contributed by atoms with Crippen LogP contribution in [-0.4, -0.2) is 5.11 Å². The van der Waals surface area contributed by atoms with Gasteiger partial charge in [-0.25, -0.2) is 0 Å². The monoisotopic (exact) mass is 425 g/mol. The topological polar surface area (TPSA) is 46.2 Å². The van der Waals surface area contributed by atoms with Crippen molar-refractivity contribution in [3.63, 3.8) is 0 Å². The van der Waals surface area contributed by atoms with Crippen LogP contribution in [0.3, 0.4) is 0 Å². The van der Waals surface area contributed by atoms with Gasteiger partial charge in [0.1, 0.15) is 5.75 Å². The first-order valence-electron chi connectivity index (χ1n) is 11.8. The van der Waals surface area contributed by atoms with Gasteiger partial charge in [0.2, 0.25) is 0 Å². The number of aromatic hydroxyl groups is 1. The van der Waals surface area contributed by atoms with Gasteiger partial charge in [-0.3, -0.25) is 0 Å². The summed E-state index contributed by atoms with van der Waals surface area (Å²) in [5, 5.41) is 9.98. The molecule has 4 rings (SSSR count). The fourth-order valence-corrected chi connectivity index (χ4v) is 5.37. The van der Waals surface area contributed by atoms with Crippen molar-refractivity contribution in [1.82, 2.24) is 0 Å². The predicted octanol–water partition coefficient (Wildman–Crippen LogP) is 7.29.